The van der Waals surface area contributed by atoms with Crippen LogP contribution in [0.5, 0.6) is 0 Å². The average Bonchev–Trinajstić information content (AvgIpc) is 2.41. The zero-order valence-corrected chi connectivity index (χ0v) is 11.9. The van der Waals surface area contributed by atoms with Crippen molar-refractivity contribution in [2.45, 2.75) is 0 Å². The van der Waals surface area contributed by atoms with Gasteiger partial charge in [0, 0.05) is 51.7 Å². The van der Waals surface area contributed by atoms with Crippen molar-refractivity contribution in [2.75, 3.05) is 46.3 Å². The highest BCUT2D eigenvalue weighted by Gasteiger charge is 2.14. The Morgan fingerprint density at radius 3 is 2.84 bits per heavy atom. The van der Waals surface area contributed by atoms with Crippen LogP contribution in [0.1, 0.15) is 10.4 Å². The largest absolute Gasteiger partial charge is 0.351 e. The van der Waals surface area contributed by atoms with Crippen molar-refractivity contribution in [3.05, 3.63) is 29.0 Å². The average molecular weight is 283 g/mol. The molecule has 0 radical (unpaired) electrons. The lowest BCUT2D eigenvalue weighted by Gasteiger charge is -2.32. The Balaban J connectivity index is 1.74. The van der Waals surface area contributed by atoms with Gasteiger partial charge >= 0.3 is 0 Å². The number of aromatic nitrogens is 1. The van der Waals surface area contributed by atoms with E-state index < -0.39 is 0 Å². The molecular weight excluding hydrogens is 264 g/mol. The van der Waals surface area contributed by atoms with Crippen molar-refractivity contribution in [3.63, 3.8) is 0 Å². The fraction of sp³-hybridized carbons (Fsp3) is 0.538. The van der Waals surface area contributed by atoms with Gasteiger partial charge in [-0.15, -0.1) is 0 Å². The molecule has 6 heteroatoms. The number of amides is 1. The number of nitrogens with one attached hydrogen (secondary N) is 1. The van der Waals surface area contributed by atoms with Crippen molar-refractivity contribution in [2.24, 2.45) is 0 Å². The quantitative estimate of drug-likeness (QED) is 0.884. The molecule has 2 heterocycles. The predicted octanol–water partition coefficient (Wildman–Crippen LogP) is 0.712. The van der Waals surface area contributed by atoms with Gasteiger partial charge in [-0.25, -0.2) is 0 Å². The second-order valence-corrected chi connectivity index (χ2v) is 5.16. The van der Waals surface area contributed by atoms with Gasteiger partial charge in [-0.2, -0.15) is 0 Å². The molecule has 1 aliphatic heterocycles. The van der Waals surface area contributed by atoms with E-state index in [0.717, 1.165) is 32.7 Å². The van der Waals surface area contributed by atoms with E-state index in [1.165, 1.54) is 6.20 Å². The third-order valence-electron chi connectivity index (χ3n) is 3.32. The number of likely N-dealkylation sites (N-methyl/N-ethyl adjacent to an activating group) is 1. The van der Waals surface area contributed by atoms with Gasteiger partial charge in [-0.3, -0.25) is 14.7 Å². The van der Waals surface area contributed by atoms with Gasteiger partial charge < -0.3 is 10.2 Å². The molecule has 0 spiro atoms. The fourth-order valence-electron chi connectivity index (χ4n) is 2.04. The van der Waals surface area contributed by atoms with Crippen molar-refractivity contribution < 1.29 is 4.79 Å². The molecule has 1 aromatic rings. The minimum Gasteiger partial charge on any atom is -0.351 e. The number of piperazine rings is 1. The Labute approximate surface area is 118 Å². The normalized spacial score (nSPS) is 17.4. The zero-order valence-electron chi connectivity index (χ0n) is 11.1. The first kappa shape index (κ1) is 14.2. The number of rotatable bonds is 4. The molecule has 0 atom stereocenters. The Morgan fingerprint density at radius 2 is 2.16 bits per heavy atom. The van der Waals surface area contributed by atoms with E-state index in [4.69, 9.17) is 11.6 Å². The first-order chi connectivity index (χ1) is 9.16. The fourth-order valence-corrected chi connectivity index (χ4v) is 2.23. The second-order valence-electron chi connectivity index (χ2n) is 4.76. The summed E-state index contributed by atoms with van der Waals surface area (Å²) in [5.74, 6) is -0.160. The number of hydrogen-bond donors (Lipinski definition) is 1. The van der Waals surface area contributed by atoms with Crippen molar-refractivity contribution >= 4 is 17.5 Å². The summed E-state index contributed by atoms with van der Waals surface area (Å²) in [5.41, 5.74) is 0.433. The van der Waals surface area contributed by atoms with Crippen LogP contribution < -0.4 is 5.32 Å². The summed E-state index contributed by atoms with van der Waals surface area (Å²) in [7, 11) is 2.13. The maximum Gasteiger partial charge on any atom is 0.254 e. The van der Waals surface area contributed by atoms with E-state index in [1.54, 1.807) is 12.3 Å². The number of carbonyl (C=O) groups is 1. The number of nitrogens with zero attached hydrogens (tertiary/aromatic N) is 3. The van der Waals surface area contributed by atoms with Crippen LogP contribution in [0.25, 0.3) is 0 Å². The Bertz CT molecular complexity index is 432. The lowest BCUT2D eigenvalue weighted by Crippen LogP contribution is -2.46. The van der Waals surface area contributed by atoms with Gasteiger partial charge in [-0.05, 0) is 13.1 Å². The number of hydrogen-bond acceptors (Lipinski definition) is 4. The van der Waals surface area contributed by atoms with E-state index in [-0.39, 0.29) is 5.91 Å². The molecule has 0 aliphatic carbocycles. The molecule has 0 saturated carbocycles. The van der Waals surface area contributed by atoms with Gasteiger partial charge in [0.05, 0.1) is 10.6 Å². The van der Waals surface area contributed by atoms with Crippen LogP contribution in [0, 0.1) is 0 Å². The molecule has 5 nitrogen and oxygen atoms in total. The standard InChI is InChI=1S/C13H19ClN4O/c1-17-6-8-18(9-7-17)5-4-16-13(19)11-10-15-3-2-12(11)14/h2-3,10H,4-9H2,1H3,(H,16,19). The first-order valence-corrected chi connectivity index (χ1v) is 6.83. The first-order valence-electron chi connectivity index (χ1n) is 6.45. The van der Waals surface area contributed by atoms with Crippen molar-refractivity contribution in [1.82, 2.24) is 20.1 Å². The van der Waals surface area contributed by atoms with Gasteiger partial charge in [0.1, 0.15) is 0 Å². The summed E-state index contributed by atoms with van der Waals surface area (Å²) in [6, 6.07) is 1.62. The van der Waals surface area contributed by atoms with E-state index >= 15 is 0 Å². The molecule has 0 bridgehead atoms. The molecule has 1 aliphatic rings. The Morgan fingerprint density at radius 1 is 1.42 bits per heavy atom. The van der Waals surface area contributed by atoms with Crippen LogP contribution in [0.15, 0.2) is 18.5 Å². The maximum absolute atomic E-state index is 11.9. The highest BCUT2D eigenvalue weighted by molar-refractivity contribution is 6.33. The highest BCUT2D eigenvalue weighted by atomic mass is 35.5. The smallest absolute Gasteiger partial charge is 0.254 e. The molecular formula is C13H19ClN4O. The topological polar surface area (TPSA) is 48.5 Å². The molecule has 104 valence electrons. The van der Waals surface area contributed by atoms with Crippen LogP contribution >= 0.6 is 11.6 Å². The van der Waals surface area contributed by atoms with E-state index in [1.807, 2.05) is 0 Å². The summed E-state index contributed by atoms with van der Waals surface area (Å²) < 4.78 is 0. The van der Waals surface area contributed by atoms with Crippen LogP contribution in [0.3, 0.4) is 0 Å². The molecule has 1 amide bonds. The third-order valence-corrected chi connectivity index (χ3v) is 3.65. The van der Waals surface area contributed by atoms with Gasteiger partial charge in [0.15, 0.2) is 0 Å². The molecule has 1 saturated heterocycles. The molecule has 0 unspecified atom stereocenters. The van der Waals surface area contributed by atoms with Gasteiger partial charge in [0.25, 0.3) is 5.91 Å². The molecule has 19 heavy (non-hydrogen) atoms. The second kappa shape index (κ2) is 6.84. The molecule has 1 N–H and O–H groups in total. The van der Waals surface area contributed by atoms with Crippen LogP contribution in [0.4, 0.5) is 0 Å². The van der Waals surface area contributed by atoms with Crippen molar-refractivity contribution in [3.8, 4) is 0 Å². The molecule has 1 aromatic heterocycles. The van der Waals surface area contributed by atoms with Gasteiger partial charge in [0.2, 0.25) is 0 Å². The molecule has 1 fully saturated rings. The third kappa shape index (κ3) is 4.16. The maximum atomic E-state index is 11.9. The zero-order chi connectivity index (χ0) is 13.7. The highest BCUT2D eigenvalue weighted by Crippen LogP contribution is 2.12. The van der Waals surface area contributed by atoms with E-state index in [2.05, 4.69) is 27.1 Å². The predicted molar refractivity (Wildman–Crippen MR) is 75.5 cm³/mol. The summed E-state index contributed by atoms with van der Waals surface area (Å²) in [6.07, 6.45) is 3.07. The van der Waals surface area contributed by atoms with E-state index in [9.17, 15) is 4.79 Å². The molecule has 0 aromatic carbocycles. The minimum absolute atomic E-state index is 0.160. The van der Waals surface area contributed by atoms with E-state index in [0.29, 0.717) is 17.1 Å². The lowest BCUT2D eigenvalue weighted by atomic mass is 10.2. The number of carbonyl (C=O) groups excluding carboxylic acids is 1. The van der Waals surface area contributed by atoms with Crippen LogP contribution in [-0.2, 0) is 0 Å². The Hall–Kier alpha value is -1.17. The summed E-state index contributed by atoms with van der Waals surface area (Å²) >= 11 is 5.95. The number of pyridine rings is 1. The SMILES string of the molecule is CN1CCN(CCNC(=O)c2cnccc2Cl)CC1. The molecule has 2 rings (SSSR count). The van der Waals surface area contributed by atoms with Crippen LogP contribution in [-0.4, -0.2) is 67.0 Å². The van der Waals surface area contributed by atoms with Crippen molar-refractivity contribution in [1.29, 1.82) is 0 Å². The lowest BCUT2D eigenvalue weighted by molar-refractivity contribution is 0.0941. The monoisotopic (exact) mass is 282 g/mol. The Kier molecular flexibility index (Phi) is 5.13. The summed E-state index contributed by atoms with van der Waals surface area (Å²) in [5, 5.41) is 3.32. The summed E-state index contributed by atoms with van der Waals surface area (Å²) in [4.78, 5) is 20.5. The van der Waals surface area contributed by atoms with Gasteiger partial charge in [-0.1, -0.05) is 11.6 Å². The van der Waals surface area contributed by atoms with Crippen LogP contribution in [0.2, 0.25) is 5.02 Å². The summed E-state index contributed by atoms with van der Waals surface area (Å²) in [6.45, 7) is 5.79. The minimum atomic E-state index is -0.160. The number of halogens is 1.